The summed E-state index contributed by atoms with van der Waals surface area (Å²) in [5.74, 6) is 0.259. The summed E-state index contributed by atoms with van der Waals surface area (Å²) in [4.78, 5) is 20.5. The van der Waals surface area contributed by atoms with Crippen molar-refractivity contribution in [1.82, 2.24) is 9.88 Å². The monoisotopic (exact) mass is 245 g/mol. The van der Waals surface area contributed by atoms with E-state index >= 15 is 0 Å². The van der Waals surface area contributed by atoms with E-state index in [1.54, 1.807) is 12.4 Å². The Labute approximate surface area is 105 Å². The van der Waals surface area contributed by atoms with Gasteiger partial charge in [-0.25, -0.2) is 0 Å². The standard InChI is InChI=1S/C12H15N5O/c1-9(11-2-4-14-5-3-11)17-8-10(6-12(17)18)7-15-16-13/h2-5,9-10H,6-8H2,1H3. The second kappa shape index (κ2) is 5.51. The van der Waals surface area contributed by atoms with Gasteiger partial charge in [0.15, 0.2) is 0 Å². The molecule has 18 heavy (non-hydrogen) atoms. The molecule has 0 N–H and O–H groups in total. The Hall–Kier alpha value is -2.07. The smallest absolute Gasteiger partial charge is 0.223 e. The van der Waals surface area contributed by atoms with Gasteiger partial charge in [0.1, 0.15) is 0 Å². The summed E-state index contributed by atoms with van der Waals surface area (Å²) in [6.07, 6.45) is 3.92. The molecule has 1 aliphatic rings. The van der Waals surface area contributed by atoms with Gasteiger partial charge in [-0.15, -0.1) is 0 Å². The molecule has 0 radical (unpaired) electrons. The van der Waals surface area contributed by atoms with E-state index < -0.39 is 0 Å². The molecule has 1 fully saturated rings. The van der Waals surface area contributed by atoms with Crippen LogP contribution in [0.25, 0.3) is 10.4 Å². The number of azide groups is 1. The highest BCUT2D eigenvalue weighted by molar-refractivity contribution is 5.79. The average Bonchev–Trinajstić information content (AvgIpc) is 2.78. The molecule has 1 aromatic rings. The Kier molecular flexibility index (Phi) is 3.79. The van der Waals surface area contributed by atoms with Crippen molar-refractivity contribution >= 4 is 5.91 Å². The first kappa shape index (κ1) is 12.4. The van der Waals surface area contributed by atoms with Crippen LogP contribution in [0.15, 0.2) is 29.6 Å². The first-order valence-electron chi connectivity index (χ1n) is 5.92. The van der Waals surface area contributed by atoms with E-state index in [0.29, 0.717) is 19.5 Å². The minimum atomic E-state index is 0.0385. The van der Waals surface area contributed by atoms with Gasteiger partial charge in [-0.1, -0.05) is 5.11 Å². The van der Waals surface area contributed by atoms with Crippen LogP contribution in [-0.2, 0) is 4.79 Å². The predicted octanol–water partition coefficient (Wildman–Crippen LogP) is 2.30. The maximum atomic E-state index is 11.9. The van der Waals surface area contributed by atoms with Gasteiger partial charge in [0.05, 0.1) is 6.04 Å². The van der Waals surface area contributed by atoms with Gasteiger partial charge in [-0.2, -0.15) is 0 Å². The lowest BCUT2D eigenvalue weighted by Crippen LogP contribution is -2.28. The van der Waals surface area contributed by atoms with Crippen LogP contribution < -0.4 is 0 Å². The van der Waals surface area contributed by atoms with Crippen molar-refractivity contribution in [3.8, 4) is 0 Å². The molecule has 6 nitrogen and oxygen atoms in total. The highest BCUT2D eigenvalue weighted by Gasteiger charge is 2.32. The number of carbonyl (C=O) groups is 1. The van der Waals surface area contributed by atoms with Gasteiger partial charge in [0.25, 0.3) is 0 Å². The second-order valence-corrected chi connectivity index (χ2v) is 4.49. The zero-order valence-electron chi connectivity index (χ0n) is 10.2. The normalized spacial score (nSPS) is 20.6. The van der Waals surface area contributed by atoms with E-state index in [1.165, 1.54) is 0 Å². The van der Waals surface area contributed by atoms with Crippen LogP contribution in [0.4, 0.5) is 0 Å². The summed E-state index contributed by atoms with van der Waals surface area (Å²) in [5, 5.41) is 3.55. The van der Waals surface area contributed by atoms with Crippen molar-refractivity contribution in [2.45, 2.75) is 19.4 Å². The quantitative estimate of drug-likeness (QED) is 0.463. The Balaban J connectivity index is 2.05. The molecule has 94 valence electrons. The average molecular weight is 245 g/mol. The fourth-order valence-electron chi connectivity index (χ4n) is 2.28. The third kappa shape index (κ3) is 2.60. The lowest BCUT2D eigenvalue weighted by atomic mass is 10.1. The van der Waals surface area contributed by atoms with E-state index in [-0.39, 0.29) is 17.9 Å². The number of likely N-dealkylation sites (tertiary alicyclic amines) is 1. The van der Waals surface area contributed by atoms with Crippen LogP contribution in [0.5, 0.6) is 0 Å². The molecule has 1 aromatic heterocycles. The van der Waals surface area contributed by atoms with Crippen molar-refractivity contribution in [3.63, 3.8) is 0 Å². The zero-order valence-corrected chi connectivity index (χ0v) is 10.2. The van der Waals surface area contributed by atoms with Crippen molar-refractivity contribution in [3.05, 3.63) is 40.5 Å². The third-order valence-corrected chi connectivity index (χ3v) is 3.30. The van der Waals surface area contributed by atoms with Gasteiger partial charge in [0.2, 0.25) is 5.91 Å². The first-order chi connectivity index (χ1) is 8.72. The number of hydrogen-bond acceptors (Lipinski definition) is 3. The topological polar surface area (TPSA) is 82.0 Å². The molecule has 0 saturated carbocycles. The van der Waals surface area contributed by atoms with Gasteiger partial charge >= 0.3 is 0 Å². The van der Waals surface area contributed by atoms with Crippen LogP contribution in [-0.4, -0.2) is 28.9 Å². The fraction of sp³-hybridized carbons (Fsp3) is 0.500. The lowest BCUT2D eigenvalue weighted by molar-refractivity contribution is -0.129. The number of aromatic nitrogens is 1. The molecule has 1 saturated heterocycles. The van der Waals surface area contributed by atoms with Crippen molar-refractivity contribution < 1.29 is 4.79 Å². The summed E-state index contributed by atoms with van der Waals surface area (Å²) in [6, 6.07) is 3.87. The molecule has 2 atom stereocenters. The number of amides is 1. The number of pyridine rings is 1. The Morgan fingerprint density at radius 1 is 1.61 bits per heavy atom. The van der Waals surface area contributed by atoms with Gasteiger partial charge in [0, 0.05) is 36.8 Å². The summed E-state index contributed by atoms with van der Waals surface area (Å²) in [6.45, 7) is 3.05. The molecule has 1 aliphatic heterocycles. The molecule has 6 heteroatoms. The summed E-state index contributed by atoms with van der Waals surface area (Å²) in [5.41, 5.74) is 9.37. The van der Waals surface area contributed by atoms with Crippen molar-refractivity contribution in [2.24, 2.45) is 11.0 Å². The van der Waals surface area contributed by atoms with E-state index in [9.17, 15) is 4.79 Å². The molecule has 0 bridgehead atoms. The third-order valence-electron chi connectivity index (χ3n) is 3.30. The van der Waals surface area contributed by atoms with E-state index in [4.69, 9.17) is 5.53 Å². The Morgan fingerprint density at radius 3 is 3.00 bits per heavy atom. The molecule has 0 aromatic carbocycles. The van der Waals surface area contributed by atoms with E-state index in [1.807, 2.05) is 24.0 Å². The highest BCUT2D eigenvalue weighted by Crippen LogP contribution is 2.28. The Bertz CT molecular complexity index is 469. The Morgan fingerprint density at radius 2 is 2.33 bits per heavy atom. The van der Waals surface area contributed by atoms with Crippen molar-refractivity contribution in [2.75, 3.05) is 13.1 Å². The van der Waals surface area contributed by atoms with Crippen LogP contribution in [0.3, 0.4) is 0 Å². The van der Waals surface area contributed by atoms with Crippen LogP contribution in [0.2, 0.25) is 0 Å². The first-order valence-corrected chi connectivity index (χ1v) is 5.92. The molecule has 1 amide bonds. The number of carbonyl (C=O) groups excluding carboxylic acids is 1. The largest absolute Gasteiger partial charge is 0.336 e. The van der Waals surface area contributed by atoms with Crippen LogP contribution >= 0.6 is 0 Å². The summed E-state index contributed by atoms with van der Waals surface area (Å²) < 4.78 is 0. The van der Waals surface area contributed by atoms with Crippen LogP contribution in [0, 0.1) is 5.92 Å². The SMILES string of the molecule is CC(c1ccncc1)N1CC(CN=[N+]=[N-])CC1=O. The van der Waals surface area contributed by atoms with Crippen molar-refractivity contribution in [1.29, 1.82) is 0 Å². The molecule has 2 heterocycles. The van der Waals surface area contributed by atoms with E-state index in [0.717, 1.165) is 5.56 Å². The lowest BCUT2D eigenvalue weighted by Gasteiger charge is -2.25. The zero-order chi connectivity index (χ0) is 13.0. The molecular weight excluding hydrogens is 230 g/mol. The number of nitrogens with zero attached hydrogens (tertiary/aromatic N) is 5. The highest BCUT2D eigenvalue weighted by atomic mass is 16.2. The molecule has 2 rings (SSSR count). The minimum Gasteiger partial charge on any atom is -0.336 e. The predicted molar refractivity (Wildman–Crippen MR) is 66.5 cm³/mol. The maximum absolute atomic E-state index is 11.9. The molecule has 0 aliphatic carbocycles. The maximum Gasteiger partial charge on any atom is 0.223 e. The van der Waals surface area contributed by atoms with Gasteiger partial charge < -0.3 is 4.90 Å². The molecule has 2 unspecified atom stereocenters. The van der Waals surface area contributed by atoms with Gasteiger partial charge in [-0.05, 0) is 36.1 Å². The second-order valence-electron chi connectivity index (χ2n) is 4.49. The summed E-state index contributed by atoms with van der Waals surface area (Å²) >= 11 is 0. The van der Waals surface area contributed by atoms with Gasteiger partial charge in [-0.3, -0.25) is 9.78 Å². The van der Waals surface area contributed by atoms with Crippen LogP contribution in [0.1, 0.15) is 24.9 Å². The summed E-state index contributed by atoms with van der Waals surface area (Å²) in [7, 11) is 0. The number of rotatable bonds is 4. The molecule has 0 spiro atoms. The molecular formula is C12H15N5O. The fourth-order valence-corrected chi connectivity index (χ4v) is 2.28. The number of hydrogen-bond donors (Lipinski definition) is 0. The minimum absolute atomic E-state index is 0.0385. The van der Waals surface area contributed by atoms with E-state index in [2.05, 4.69) is 15.0 Å².